The molecule has 1 saturated heterocycles. The van der Waals surface area contributed by atoms with Gasteiger partial charge in [-0.15, -0.1) is 0 Å². The highest BCUT2D eigenvalue weighted by molar-refractivity contribution is 7.96. The predicted octanol–water partition coefficient (Wildman–Crippen LogP) is 0.521. The van der Waals surface area contributed by atoms with Crippen LogP contribution in [0.4, 0.5) is 0 Å². The second-order valence-corrected chi connectivity index (χ2v) is 12.4. The summed E-state index contributed by atoms with van der Waals surface area (Å²) in [5.74, 6) is -0.620. The molecule has 1 aromatic heterocycles. The van der Waals surface area contributed by atoms with E-state index in [1.54, 1.807) is 18.2 Å². The van der Waals surface area contributed by atoms with E-state index in [9.17, 15) is 25.3 Å². The highest BCUT2D eigenvalue weighted by Gasteiger charge is 2.38. The van der Waals surface area contributed by atoms with Gasteiger partial charge in [-0.3, -0.25) is 4.98 Å². The van der Waals surface area contributed by atoms with E-state index < -0.39 is 40.7 Å². The van der Waals surface area contributed by atoms with Gasteiger partial charge in [0.1, 0.15) is 0 Å². The Labute approximate surface area is 158 Å². The lowest BCUT2D eigenvalue weighted by molar-refractivity contribution is 0.578. The molecular weight excluding hydrogens is 412 g/mol. The van der Waals surface area contributed by atoms with Crippen LogP contribution in [0.25, 0.3) is 0 Å². The molecule has 0 amide bonds. The van der Waals surface area contributed by atoms with Crippen LogP contribution in [0.3, 0.4) is 0 Å². The van der Waals surface area contributed by atoms with E-state index in [-0.39, 0.29) is 28.5 Å². The summed E-state index contributed by atoms with van der Waals surface area (Å²) < 4.78 is 75.9. The van der Waals surface area contributed by atoms with Crippen molar-refractivity contribution in [2.45, 2.75) is 28.0 Å². The molecule has 11 heteroatoms. The Morgan fingerprint density at radius 3 is 2.41 bits per heavy atom. The third-order valence-corrected chi connectivity index (χ3v) is 9.81. The number of sulfone groups is 2. The number of aromatic nitrogens is 1. The van der Waals surface area contributed by atoms with Crippen molar-refractivity contribution in [1.29, 1.82) is 0 Å². The fourth-order valence-corrected chi connectivity index (χ4v) is 8.29. The molecule has 1 atom stereocenters. The Hall–Kier alpha value is -1.82. The lowest BCUT2D eigenvalue weighted by atomic mass is 10.4. The third-order valence-electron chi connectivity index (χ3n) is 4.24. The first-order chi connectivity index (χ1) is 12.6. The van der Waals surface area contributed by atoms with Crippen molar-refractivity contribution in [2.24, 2.45) is 0 Å². The van der Waals surface area contributed by atoms with E-state index in [1.807, 2.05) is 0 Å². The fourth-order valence-electron chi connectivity index (χ4n) is 2.77. The first kappa shape index (κ1) is 19.9. The summed E-state index contributed by atoms with van der Waals surface area (Å²) in [6, 6.07) is 10.0. The molecule has 1 unspecified atom stereocenters. The maximum atomic E-state index is 12.7. The van der Waals surface area contributed by atoms with E-state index in [0.717, 1.165) is 6.07 Å². The normalized spacial score (nSPS) is 19.8. The highest BCUT2D eigenvalue weighted by atomic mass is 32.2. The molecule has 0 saturated carbocycles. The lowest BCUT2D eigenvalue weighted by Gasteiger charge is -2.12. The molecule has 0 bridgehead atoms. The van der Waals surface area contributed by atoms with Gasteiger partial charge in [0.05, 0.1) is 38.8 Å². The zero-order valence-electron chi connectivity index (χ0n) is 14.1. The molecule has 1 aliphatic rings. The van der Waals surface area contributed by atoms with Crippen LogP contribution in [-0.4, -0.2) is 47.0 Å². The summed E-state index contributed by atoms with van der Waals surface area (Å²) in [5.41, 5.74) is 0.515. The van der Waals surface area contributed by atoms with Crippen molar-refractivity contribution >= 4 is 29.7 Å². The molecule has 146 valence electrons. The number of nitrogens with one attached hydrogen (secondary N) is 1. The van der Waals surface area contributed by atoms with Gasteiger partial charge in [0.25, 0.3) is 0 Å². The van der Waals surface area contributed by atoms with Crippen LogP contribution in [-0.2, 0) is 36.2 Å². The first-order valence-electron chi connectivity index (χ1n) is 8.04. The second-order valence-electron chi connectivity index (χ2n) is 6.19. The number of nitrogens with zero attached hydrogens (tertiary/aromatic N) is 1. The summed E-state index contributed by atoms with van der Waals surface area (Å²) in [6.45, 7) is -0.0407. The van der Waals surface area contributed by atoms with E-state index >= 15 is 0 Å². The van der Waals surface area contributed by atoms with Crippen molar-refractivity contribution in [1.82, 2.24) is 9.71 Å². The number of sulfonamides is 1. The molecule has 1 N–H and O–H groups in total. The van der Waals surface area contributed by atoms with Crippen LogP contribution in [0.5, 0.6) is 0 Å². The van der Waals surface area contributed by atoms with Crippen molar-refractivity contribution in [3.63, 3.8) is 0 Å². The minimum atomic E-state index is -3.96. The van der Waals surface area contributed by atoms with Crippen molar-refractivity contribution in [2.75, 3.05) is 11.5 Å². The minimum Gasteiger partial charge on any atom is -0.260 e. The third kappa shape index (κ3) is 4.54. The Morgan fingerprint density at radius 1 is 1.04 bits per heavy atom. The number of hydrogen-bond donors (Lipinski definition) is 1. The van der Waals surface area contributed by atoms with Gasteiger partial charge in [-0.1, -0.05) is 12.1 Å². The number of hydrogen-bond acceptors (Lipinski definition) is 7. The largest absolute Gasteiger partial charge is 0.260 e. The topological polar surface area (TPSA) is 127 Å². The maximum absolute atomic E-state index is 12.7. The smallest absolute Gasteiger partial charge is 0.240 e. The van der Waals surface area contributed by atoms with E-state index in [1.165, 1.54) is 24.4 Å². The molecule has 1 aromatic carbocycles. The van der Waals surface area contributed by atoms with Crippen LogP contribution >= 0.6 is 0 Å². The zero-order valence-corrected chi connectivity index (χ0v) is 16.6. The monoisotopic (exact) mass is 430 g/mol. The molecule has 2 aromatic rings. The Kier molecular flexibility index (Phi) is 5.39. The summed E-state index contributed by atoms with van der Waals surface area (Å²) in [4.78, 5) is 3.61. The quantitative estimate of drug-likeness (QED) is 0.708. The second kappa shape index (κ2) is 7.30. The molecule has 8 nitrogen and oxygen atoms in total. The van der Waals surface area contributed by atoms with Gasteiger partial charge < -0.3 is 0 Å². The number of benzene rings is 1. The summed E-state index contributed by atoms with van der Waals surface area (Å²) >= 11 is 0. The summed E-state index contributed by atoms with van der Waals surface area (Å²) in [6.07, 6.45) is 1.55. The Bertz CT molecular complexity index is 1140. The highest BCUT2D eigenvalue weighted by Crippen LogP contribution is 2.26. The molecule has 0 spiro atoms. The fraction of sp³-hybridized carbons (Fsp3) is 0.312. The average Bonchev–Trinajstić information content (AvgIpc) is 3.02. The van der Waals surface area contributed by atoms with Gasteiger partial charge >= 0.3 is 0 Å². The molecule has 2 heterocycles. The van der Waals surface area contributed by atoms with Crippen molar-refractivity contribution in [3.8, 4) is 0 Å². The average molecular weight is 431 g/mol. The van der Waals surface area contributed by atoms with Gasteiger partial charge in [0, 0.05) is 6.20 Å². The SMILES string of the molecule is O=S1(=O)CCC(S(=O)(=O)c2cccc(S(=O)(=O)NCc3ccccn3)c2)C1. The minimum absolute atomic E-state index is 0.0135. The molecule has 1 aliphatic heterocycles. The predicted molar refractivity (Wildman–Crippen MR) is 98.9 cm³/mol. The standard InChI is InChI=1S/C16H18N2O6S3/c19-25(20)9-7-16(12-25)26(21,22)14-5-3-6-15(10-14)27(23,24)18-11-13-4-1-2-8-17-13/h1-6,8,10,16,18H,7,9,11-12H2. The molecular formula is C16H18N2O6S3. The van der Waals surface area contributed by atoms with Gasteiger partial charge in [0.2, 0.25) is 10.0 Å². The molecule has 0 aliphatic carbocycles. The van der Waals surface area contributed by atoms with Crippen LogP contribution in [0, 0.1) is 0 Å². The van der Waals surface area contributed by atoms with Gasteiger partial charge in [-0.25, -0.2) is 30.0 Å². The van der Waals surface area contributed by atoms with Crippen molar-refractivity contribution in [3.05, 3.63) is 54.4 Å². The summed E-state index contributed by atoms with van der Waals surface area (Å²) in [7, 11) is -11.3. The lowest BCUT2D eigenvalue weighted by Crippen LogP contribution is -2.25. The first-order valence-corrected chi connectivity index (χ1v) is 12.9. The van der Waals surface area contributed by atoms with Gasteiger partial charge in [-0.2, -0.15) is 0 Å². The maximum Gasteiger partial charge on any atom is 0.240 e. The van der Waals surface area contributed by atoms with Crippen LogP contribution in [0.1, 0.15) is 12.1 Å². The van der Waals surface area contributed by atoms with Crippen molar-refractivity contribution < 1.29 is 25.3 Å². The molecule has 1 fully saturated rings. The number of pyridine rings is 1. The van der Waals surface area contributed by atoms with Crippen LogP contribution < -0.4 is 4.72 Å². The molecule has 0 radical (unpaired) electrons. The number of rotatable bonds is 6. The van der Waals surface area contributed by atoms with E-state index in [4.69, 9.17) is 0 Å². The molecule has 27 heavy (non-hydrogen) atoms. The van der Waals surface area contributed by atoms with E-state index in [2.05, 4.69) is 9.71 Å². The Morgan fingerprint density at radius 2 is 1.78 bits per heavy atom. The zero-order chi connectivity index (χ0) is 19.7. The van der Waals surface area contributed by atoms with Gasteiger partial charge in [0.15, 0.2) is 19.7 Å². The van der Waals surface area contributed by atoms with Crippen LogP contribution in [0.2, 0.25) is 0 Å². The molecule has 3 rings (SSSR count). The summed E-state index contributed by atoms with van der Waals surface area (Å²) in [5, 5.41) is -1.05. The van der Waals surface area contributed by atoms with Gasteiger partial charge in [-0.05, 0) is 36.8 Å². The Balaban J connectivity index is 1.84. The van der Waals surface area contributed by atoms with Crippen LogP contribution in [0.15, 0.2) is 58.5 Å². The van der Waals surface area contributed by atoms with E-state index in [0.29, 0.717) is 5.69 Å².